The quantitative estimate of drug-likeness (QED) is 0.833. The Kier molecular flexibility index (Phi) is 4.07. The fraction of sp³-hybridized carbons (Fsp3) is 0.278. The summed E-state index contributed by atoms with van der Waals surface area (Å²) in [6.45, 7) is 1.03. The maximum Gasteiger partial charge on any atom is 0.127 e. The second-order valence-electron chi connectivity index (χ2n) is 5.26. The molecule has 0 spiro atoms. The first-order valence-corrected chi connectivity index (χ1v) is 7.33. The highest BCUT2D eigenvalue weighted by atomic mass is 16.5. The zero-order valence-electron chi connectivity index (χ0n) is 11.9. The molecule has 1 aliphatic rings. The molecule has 3 nitrogen and oxygen atoms in total. The van der Waals surface area contributed by atoms with Crippen LogP contribution in [0.5, 0.6) is 11.5 Å². The maximum absolute atomic E-state index is 8.90. The molecule has 1 atom stereocenters. The number of benzene rings is 2. The number of hydrogen-bond donors (Lipinski definition) is 0. The van der Waals surface area contributed by atoms with Crippen LogP contribution in [0.15, 0.2) is 54.6 Å². The number of nitriles is 1. The number of ether oxygens (including phenoxy) is 1. The zero-order chi connectivity index (χ0) is 14.5. The van der Waals surface area contributed by atoms with Crippen LogP contribution < -0.4 is 9.64 Å². The van der Waals surface area contributed by atoms with E-state index in [-0.39, 0.29) is 0 Å². The van der Waals surface area contributed by atoms with Gasteiger partial charge in [0.1, 0.15) is 11.5 Å². The van der Waals surface area contributed by atoms with Gasteiger partial charge in [0.15, 0.2) is 0 Å². The molecule has 0 aliphatic carbocycles. The lowest BCUT2D eigenvalue weighted by Gasteiger charge is -2.25. The molecule has 0 N–H and O–H groups in total. The normalized spacial score (nSPS) is 17.5. The molecule has 0 radical (unpaired) electrons. The summed E-state index contributed by atoms with van der Waals surface area (Å²) < 4.78 is 5.80. The first kappa shape index (κ1) is 13.5. The summed E-state index contributed by atoms with van der Waals surface area (Å²) in [5.41, 5.74) is 1.17. The molecule has 0 saturated carbocycles. The fourth-order valence-electron chi connectivity index (χ4n) is 2.82. The monoisotopic (exact) mass is 278 g/mol. The van der Waals surface area contributed by atoms with E-state index in [9.17, 15) is 0 Å². The highest BCUT2D eigenvalue weighted by Gasteiger charge is 2.24. The minimum Gasteiger partial charge on any atom is -0.457 e. The minimum atomic E-state index is 0.357. The molecule has 0 bridgehead atoms. The van der Waals surface area contributed by atoms with E-state index in [1.165, 1.54) is 5.69 Å². The van der Waals surface area contributed by atoms with Crippen molar-refractivity contribution in [2.75, 3.05) is 11.4 Å². The maximum atomic E-state index is 8.90. The van der Waals surface area contributed by atoms with Crippen LogP contribution in [0.1, 0.15) is 19.3 Å². The molecule has 2 aromatic rings. The summed E-state index contributed by atoms with van der Waals surface area (Å²) in [7, 11) is 0. The van der Waals surface area contributed by atoms with Crippen molar-refractivity contribution in [1.29, 1.82) is 5.26 Å². The first-order valence-electron chi connectivity index (χ1n) is 7.33. The Balaban J connectivity index is 1.71. The van der Waals surface area contributed by atoms with Crippen molar-refractivity contribution in [3.05, 3.63) is 54.6 Å². The molecule has 3 rings (SSSR count). The topological polar surface area (TPSA) is 36.3 Å². The summed E-state index contributed by atoms with van der Waals surface area (Å²) in [6.07, 6.45) is 2.87. The van der Waals surface area contributed by atoms with Crippen molar-refractivity contribution in [3.63, 3.8) is 0 Å². The van der Waals surface area contributed by atoms with E-state index in [1.807, 2.05) is 42.5 Å². The van der Waals surface area contributed by atoms with Crippen molar-refractivity contribution in [1.82, 2.24) is 0 Å². The first-order chi connectivity index (χ1) is 10.4. The van der Waals surface area contributed by atoms with Crippen LogP contribution in [-0.2, 0) is 0 Å². The van der Waals surface area contributed by atoms with Gasteiger partial charge in [0.25, 0.3) is 0 Å². The van der Waals surface area contributed by atoms with Gasteiger partial charge in [-0.1, -0.05) is 18.2 Å². The Morgan fingerprint density at radius 3 is 2.48 bits per heavy atom. The predicted molar refractivity (Wildman–Crippen MR) is 83.6 cm³/mol. The van der Waals surface area contributed by atoms with Gasteiger partial charge in [-0.05, 0) is 49.2 Å². The van der Waals surface area contributed by atoms with Gasteiger partial charge in [-0.2, -0.15) is 5.26 Å². The third-order valence-electron chi connectivity index (χ3n) is 3.85. The molecular weight excluding hydrogens is 260 g/mol. The molecule has 21 heavy (non-hydrogen) atoms. The van der Waals surface area contributed by atoms with Crippen LogP contribution >= 0.6 is 0 Å². The molecule has 1 saturated heterocycles. The third kappa shape index (κ3) is 3.17. The van der Waals surface area contributed by atoms with Crippen LogP contribution in [0, 0.1) is 11.3 Å². The van der Waals surface area contributed by atoms with Gasteiger partial charge in [-0.3, -0.25) is 0 Å². The van der Waals surface area contributed by atoms with E-state index in [4.69, 9.17) is 10.00 Å². The Labute approximate surface area is 125 Å². The molecule has 1 fully saturated rings. The third-order valence-corrected chi connectivity index (χ3v) is 3.85. The van der Waals surface area contributed by atoms with Crippen molar-refractivity contribution in [2.24, 2.45) is 0 Å². The highest BCUT2D eigenvalue weighted by molar-refractivity contribution is 5.51. The standard InChI is InChI=1S/C18H18N2O/c19-13-12-15-5-4-14-20(15)16-8-10-18(11-9-16)21-17-6-2-1-3-7-17/h1-3,6-11,15H,4-5,12,14H2. The summed E-state index contributed by atoms with van der Waals surface area (Å²) in [5, 5.41) is 8.90. The molecule has 0 aromatic heterocycles. The van der Waals surface area contributed by atoms with Crippen LogP contribution in [0.4, 0.5) is 5.69 Å². The van der Waals surface area contributed by atoms with E-state index >= 15 is 0 Å². The highest BCUT2D eigenvalue weighted by Crippen LogP contribution is 2.29. The summed E-state index contributed by atoms with van der Waals surface area (Å²) in [4.78, 5) is 2.33. The number of nitrogens with zero attached hydrogens (tertiary/aromatic N) is 2. The van der Waals surface area contributed by atoms with Crippen LogP contribution in [-0.4, -0.2) is 12.6 Å². The van der Waals surface area contributed by atoms with Crippen molar-refractivity contribution in [3.8, 4) is 17.6 Å². The number of hydrogen-bond acceptors (Lipinski definition) is 3. The number of rotatable bonds is 4. The largest absolute Gasteiger partial charge is 0.457 e. The summed E-state index contributed by atoms with van der Waals surface area (Å²) >= 11 is 0. The Morgan fingerprint density at radius 1 is 1.05 bits per heavy atom. The molecule has 1 unspecified atom stereocenters. The van der Waals surface area contributed by atoms with Gasteiger partial charge in [0, 0.05) is 18.3 Å². The molecular formula is C18H18N2O. The number of anilines is 1. The average Bonchev–Trinajstić information content (AvgIpc) is 2.98. The lowest BCUT2D eigenvalue weighted by Crippen LogP contribution is -2.28. The van der Waals surface area contributed by atoms with E-state index in [1.54, 1.807) is 0 Å². The Morgan fingerprint density at radius 2 is 1.76 bits per heavy atom. The molecule has 1 heterocycles. The predicted octanol–water partition coefficient (Wildman–Crippen LogP) is 4.36. The molecule has 106 valence electrons. The van der Waals surface area contributed by atoms with E-state index in [2.05, 4.69) is 23.1 Å². The van der Waals surface area contributed by atoms with Gasteiger partial charge in [0.05, 0.1) is 12.5 Å². The smallest absolute Gasteiger partial charge is 0.127 e. The van der Waals surface area contributed by atoms with E-state index in [0.717, 1.165) is 30.9 Å². The lowest BCUT2D eigenvalue weighted by atomic mass is 10.1. The van der Waals surface area contributed by atoms with Gasteiger partial charge in [-0.15, -0.1) is 0 Å². The van der Waals surface area contributed by atoms with Gasteiger partial charge in [0.2, 0.25) is 0 Å². The molecule has 0 amide bonds. The van der Waals surface area contributed by atoms with Crippen LogP contribution in [0.25, 0.3) is 0 Å². The summed E-state index contributed by atoms with van der Waals surface area (Å²) in [5.74, 6) is 1.68. The van der Waals surface area contributed by atoms with Gasteiger partial charge in [-0.25, -0.2) is 0 Å². The van der Waals surface area contributed by atoms with Gasteiger partial charge >= 0.3 is 0 Å². The average molecular weight is 278 g/mol. The summed E-state index contributed by atoms with van der Waals surface area (Å²) in [6, 6.07) is 20.6. The second kappa shape index (κ2) is 6.32. The zero-order valence-corrected chi connectivity index (χ0v) is 11.9. The molecule has 2 aromatic carbocycles. The fourth-order valence-corrected chi connectivity index (χ4v) is 2.82. The number of para-hydroxylation sites is 1. The van der Waals surface area contributed by atoms with Crippen molar-refractivity contribution >= 4 is 5.69 Å². The van der Waals surface area contributed by atoms with Gasteiger partial charge < -0.3 is 9.64 Å². The van der Waals surface area contributed by atoms with Crippen molar-refractivity contribution < 1.29 is 4.74 Å². The lowest BCUT2D eigenvalue weighted by molar-refractivity contribution is 0.482. The molecule has 1 aliphatic heterocycles. The van der Waals surface area contributed by atoms with E-state index < -0.39 is 0 Å². The SMILES string of the molecule is N#CCC1CCCN1c1ccc(Oc2ccccc2)cc1. The Bertz CT molecular complexity index is 616. The second-order valence-corrected chi connectivity index (χ2v) is 5.26. The van der Waals surface area contributed by atoms with Crippen molar-refractivity contribution in [2.45, 2.75) is 25.3 Å². The van der Waals surface area contributed by atoms with Crippen LogP contribution in [0.3, 0.4) is 0 Å². The molecule has 3 heteroatoms. The van der Waals surface area contributed by atoms with Crippen LogP contribution in [0.2, 0.25) is 0 Å². The van der Waals surface area contributed by atoms with E-state index in [0.29, 0.717) is 12.5 Å². The minimum absolute atomic E-state index is 0.357. The Hall–Kier alpha value is -2.47.